The molecule has 1 aliphatic rings. The fourth-order valence-corrected chi connectivity index (χ4v) is 3.32. The third-order valence-corrected chi connectivity index (χ3v) is 4.87. The summed E-state index contributed by atoms with van der Waals surface area (Å²) in [5.74, 6) is -1.21. The molecule has 1 amide bonds. The van der Waals surface area contributed by atoms with E-state index in [1.165, 1.54) is 0 Å². The molecule has 0 saturated carbocycles. The second kappa shape index (κ2) is 9.42. The molecule has 1 aliphatic heterocycles. The van der Waals surface area contributed by atoms with Crippen LogP contribution in [0.2, 0.25) is 0 Å². The second-order valence-electron chi connectivity index (χ2n) is 6.42. The molecule has 2 rings (SSSR count). The lowest BCUT2D eigenvalue weighted by atomic mass is 9.86. The predicted octanol–water partition coefficient (Wildman–Crippen LogP) is 2.81. The summed E-state index contributed by atoms with van der Waals surface area (Å²) in [6.07, 6.45) is 2.75. The Morgan fingerprint density at radius 2 is 1.92 bits per heavy atom. The van der Waals surface area contributed by atoms with Crippen LogP contribution in [0.25, 0.3) is 0 Å². The van der Waals surface area contributed by atoms with Crippen molar-refractivity contribution in [1.29, 1.82) is 0 Å². The molecule has 0 bridgehead atoms. The van der Waals surface area contributed by atoms with Gasteiger partial charge in [0.15, 0.2) is 0 Å². The normalized spacial score (nSPS) is 17.9. The molecule has 5 nitrogen and oxygen atoms in total. The monoisotopic (exact) mass is 333 g/mol. The van der Waals surface area contributed by atoms with Crippen LogP contribution < -0.4 is 5.32 Å². The maximum absolute atomic E-state index is 12.3. The van der Waals surface area contributed by atoms with E-state index in [9.17, 15) is 14.7 Å². The van der Waals surface area contributed by atoms with Gasteiger partial charge in [0, 0.05) is 26.2 Å². The summed E-state index contributed by atoms with van der Waals surface area (Å²) in [6, 6.07) is 9.97. The molecule has 132 valence electrons. The number of ether oxygens (including phenoxy) is 1. The van der Waals surface area contributed by atoms with Crippen LogP contribution in [-0.2, 0) is 14.3 Å². The van der Waals surface area contributed by atoms with E-state index in [2.05, 4.69) is 12.2 Å². The number of carboxylic acid groups (broad SMARTS) is 1. The Balaban J connectivity index is 1.87. The van der Waals surface area contributed by atoms with Crippen molar-refractivity contribution < 1.29 is 19.4 Å². The molecule has 1 fully saturated rings. The van der Waals surface area contributed by atoms with Crippen LogP contribution >= 0.6 is 0 Å². The van der Waals surface area contributed by atoms with E-state index in [4.69, 9.17) is 4.74 Å². The van der Waals surface area contributed by atoms with E-state index in [-0.39, 0.29) is 24.3 Å². The lowest BCUT2D eigenvalue weighted by molar-refractivity contribution is -0.145. The van der Waals surface area contributed by atoms with Crippen LogP contribution in [0.15, 0.2) is 30.3 Å². The topological polar surface area (TPSA) is 75.6 Å². The van der Waals surface area contributed by atoms with Crippen molar-refractivity contribution in [3.63, 3.8) is 0 Å². The summed E-state index contributed by atoms with van der Waals surface area (Å²) in [6.45, 7) is 3.47. The number of nitrogens with one attached hydrogen (secondary N) is 1. The number of carbonyl (C=O) groups excluding carboxylic acids is 1. The first-order chi connectivity index (χ1) is 11.6. The van der Waals surface area contributed by atoms with Gasteiger partial charge in [-0.1, -0.05) is 37.3 Å². The Morgan fingerprint density at radius 3 is 2.50 bits per heavy atom. The number of rotatable bonds is 8. The molecule has 1 heterocycles. The zero-order valence-corrected chi connectivity index (χ0v) is 14.2. The van der Waals surface area contributed by atoms with Crippen molar-refractivity contribution >= 4 is 11.9 Å². The Morgan fingerprint density at radius 1 is 1.25 bits per heavy atom. The van der Waals surface area contributed by atoms with Gasteiger partial charge < -0.3 is 15.2 Å². The number of carbonyl (C=O) groups is 2. The molecule has 24 heavy (non-hydrogen) atoms. The molecular weight excluding hydrogens is 306 g/mol. The van der Waals surface area contributed by atoms with Gasteiger partial charge >= 0.3 is 5.97 Å². The molecule has 1 aromatic rings. The zero-order chi connectivity index (χ0) is 17.4. The van der Waals surface area contributed by atoms with Gasteiger partial charge in [-0.3, -0.25) is 9.59 Å². The van der Waals surface area contributed by atoms with Crippen LogP contribution in [0.5, 0.6) is 0 Å². The molecule has 0 aliphatic carbocycles. The van der Waals surface area contributed by atoms with Crippen LogP contribution in [-0.4, -0.2) is 36.7 Å². The number of carboxylic acids is 1. The van der Waals surface area contributed by atoms with Gasteiger partial charge in [-0.15, -0.1) is 0 Å². The molecule has 0 radical (unpaired) electrons. The van der Waals surface area contributed by atoms with Gasteiger partial charge in [0.1, 0.15) is 0 Å². The highest BCUT2D eigenvalue weighted by molar-refractivity contribution is 5.78. The number of hydrogen-bond acceptors (Lipinski definition) is 3. The Hall–Kier alpha value is -1.88. The highest BCUT2D eigenvalue weighted by atomic mass is 16.5. The van der Waals surface area contributed by atoms with Crippen molar-refractivity contribution in [2.75, 3.05) is 19.8 Å². The molecule has 0 aromatic heterocycles. The van der Waals surface area contributed by atoms with E-state index >= 15 is 0 Å². The number of hydrogen-bond donors (Lipinski definition) is 2. The highest BCUT2D eigenvalue weighted by Gasteiger charge is 2.30. The minimum atomic E-state index is -0.836. The van der Waals surface area contributed by atoms with Crippen LogP contribution in [0.3, 0.4) is 0 Å². The Bertz CT molecular complexity index is 525. The van der Waals surface area contributed by atoms with E-state index in [0.717, 1.165) is 24.8 Å². The van der Waals surface area contributed by atoms with Crippen LogP contribution in [0.1, 0.15) is 44.1 Å². The minimum Gasteiger partial charge on any atom is -0.481 e. The van der Waals surface area contributed by atoms with Crippen molar-refractivity contribution in [3.05, 3.63) is 35.9 Å². The van der Waals surface area contributed by atoms with Crippen LogP contribution in [0.4, 0.5) is 0 Å². The van der Waals surface area contributed by atoms with Gasteiger partial charge in [-0.05, 0) is 36.7 Å². The molecule has 2 N–H and O–H groups in total. The quantitative estimate of drug-likeness (QED) is 0.767. The first-order valence-electron chi connectivity index (χ1n) is 8.74. The van der Waals surface area contributed by atoms with Crippen molar-refractivity contribution in [2.45, 2.75) is 38.5 Å². The van der Waals surface area contributed by atoms with Gasteiger partial charge in [0.05, 0.1) is 5.92 Å². The Labute approximate surface area is 143 Å². The van der Waals surface area contributed by atoms with E-state index in [1.807, 2.05) is 30.3 Å². The van der Waals surface area contributed by atoms with E-state index < -0.39 is 11.9 Å². The highest BCUT2D eigenvalue weighted by Crippen LogP contribution is 2.25. The summed E-state index contributed by atoms with van der Waals surface area (Å²) >= 11 is 0. The summed E-state index contributed by atoms with van der Waals surface area (Å²) in [5.41, 5.74) is 1.15. The predicted molar refractivity (Wildman–Crippen MR) is 91.8 cm³/mol. The van der Waals surface area contributed by atoms with E-state index in [0.29, 0.717) is 19.6 Å². The molecule has 1 saturated heterocycles. The number of benzene rings is 1. The van der Waals surface area contributed by atoms with Gasteiger partial charge in [0.2, 0.25) is 5.91 Å². The third kappa shape index (κ3) is 5.34. The largest absolute Gasteiger partial charge is 0.481 e. The fourth-order valence-electron chi connectivity index (χ4n) is 3.32. The first kappa shape index (κ1) is 18.5. The Kier molecular flexibility index (Phi) is 7.25. The average Bonchev–Trinajstić information content (AvgIpc) is 2.61. The smallest absolute Gasteiger partial charge is 0.308 e. The second-order valence-corrected chi connectivity index (χ2v) is 6.42. The molecule has 0 spiro atoms. The van der Waals surface area contributed by atoms with Gasteiger partial charge in [0.25, 0.3) is 0 Å². The summed E-state index contributed by atoms with van der Waals surface area (Å²) in [7, 11) is 0. The average molecular weight is 333 g/mol. The summed E-state index contributed by atoms with van der Waals surface area (Å²) in [4.78, 5) is 23.8. The SMILES string of the molecule is CCC(CC(=O)NCC(C(=O)O)C1CCOCC1)c1ccccc1. The number of amides is 1. The maximum Gasteiger partial charge on any atom is 0.308 e. The van der Waals surface area contributed by atoms with Gasteiger partial charge in [-0.2, -0.15) is 0 Å². The lowest BCUT2D eigenvalue weighted by Crippen LogP contribution is -2.39. The van der Waals surface area contributed by atoms with Gasteiger partial charge in [-0.25, -0.2) is 0 Å². The molecular formula is C19H27NO4. The summed E-state index contributed by atoms with van der Waals surface area (Å²) < 4.78 is 5.29. The van der Waals surface area contributed by atoms with Crippen LogP contribution in [0, 0.1) is 11.8 Å². The van der Waals surface area contributed by atoms with E-state index in [1.54, 1.807) is 0 Å². The molecule has 2 atom stereocenters. The maximum atomic E-state index is 12.3. The molecule has 5 heteroatoms. The molecule has 1 aromatic carbocycles. The standard InChI is InChI=1S/C19H27NO4/c1-2-14(15-6-4-3-5-7-15)12-18(21)20-13-17(19(22)23)16-8-10-24-11-9-16/h3-7,14,16-17H,2,8-13H2,1H3,(H,20,21)(H,22,23). The lowest BCUT2D eigenvalue weighted by Gasteiger charge is -2.27. The zero-order valence-electron chi connectivity index (χ0n) is 14.2. The van der Waals surface area contributed by atoms with Crippen molar-refractivity contribution in [1.82, 2.24) is 5.32 Å². The first-order valence-corrected chi connectivity index (χ1v) is 8.74. The summed E-state index contributed by atoms with van der Waals surface area (Å²) in [5, 5.41) is 12.3. The van der Waals surface area contributed by atoms with Crippen molar-refractivity contribution in [2.24, 2.45) is 11.8 Å². The fraction of sp³-hybridized carbons (Fsp3) is 0.579. The number of aliphatic carboxylic acids is 1. The minimum absolute atomic E-state index is 0.0765. The van der Waals surface area contributed by atoms with Crippen molar-refractivity contribution in [3.8, 4) is 0 Å². The molecule has 2 unspecified atom stereocenters. The third-order valence-electron chi connectivity index (χ3n) is 4.87.